The van der Waals surface area contributed by atoms with Crippen LogP contribution in [0.5, 0.6) is 17.2 Å². The number of phenols is 2. The van der Waals surface area contributed by atoms with E-state index in [1.54, 1.807) is 19.1 Å². The summed E-state index contributed by atoms with van der Waals surface area (Å²) in [6.07, 6.45) is -3.39. The Bertz CT molecular complexity index is 1140. The Morgan fingerprint density at radius 3 is 2.45 bits per heavy atom. The largest absolute Gasteiger partial charge is 0.508 e. The Balaban J connectivity index is 1.68. The van der Waals surface area contributed by atoms with Crippen LogP contribution in [0.15, 0.2) is 51.9 Å². The van der Waals surface area contributed by atoms with Gasteiger partial charge in [0.25, 0.3) is 0 Å². The highest BCUT2D eigenvalue weighted by molar-refractivity contribution is 5.88. The van der Waals surface area contributed by atoms with Crippen molar-refractivity contribution in [2.75, 3.05) is 6.61 Å². The van der Waals surface area contributed by atoms with Crippen LogP contribution in [0, 0.1) is 5.92 Å². The van der Waals surface area contributed by atoms with Crippen LogP contribution in [0.1, 0.15) is 6.92 Å². The van der Waals surface area contributed by atoms with Crippen molar-refractivity contribution >= 4 is 11.0 Å². The number of aromatic hydroxyl groups is 2. The summed E-state index contributed by atoms with van der Waals surface area (Å²) in [5.41, 5.74) is 0.269. The number of aliphatic hydroxyl groups excluding tert-OH is 3. The molecule has 5 unspecified atom stereocenters. The molecule has 9 heteroatoms. The van der Waals surface area contributed by atoms with E-state index in [4.69, 9.17) is 13.9 Å². The van der Waals surface area contributed by atoms with Crippen LogP contribution in [0.25, 0.3) is 22.1 Å². The highest BCUT2D eigenvalue weighted by Crippen LogP contribution is 2.33. The fourth-order valence-corrected chi connectivity index (χ4v) is 3.63. The molecule has 5 atom stereocenters. The van der Waals surface area contributed by atoms with Crippen molar-refractivity contribution in [3.8, 4) is 28.4 Å². The molecule has 1 saturated heterocycles. The molecule has 1 aromatic heterocycles. The Labute approximate surface area is 176 Å². The predicted molar refractivity (Wildman–Crippen MR) is 109 cm³/mol. The summed E-state index contributed by atoms with van der Waals surface area (Å²) in [6, 6.07) is 8.49. The van der Waals surface area contributed by atoms with E-state index in [0.29, 0.717) is 5.56 Å². The van der Waals surface area contributed by atoms with E-state index in [0.717, 1.165) is 0 Å². The summed E-state index contributed by atoms with van der Waals surface area (Å²) in [4.78, 5) is 12.9. The average molecular weight is 430 g/mol. The molecule has 0 saturated carbocycles. The van der Waals surface area contributed by atoms with E-state index >= 15 is 0 Å². The van der Waals surface area contributed by atoms with Gasteiger partial charge in [0, 0.05) is 18.1 Å². The Kier molecular flexibility index (Phi) is 5.59. The maximum Gasteiger partial charge on any atom is 0.229 e. The van der Waals surface area contributed by atoms with Crippen LogP contribution >= 0.6 is 0 Å². The van der Waals surface area contributed by atoms with Crippen molar-refractivity contribution < 1.29 is 39.4 Å². The van der Waals surface area contributed by atoms with Crippen molar-refractivity contribution in [1.82, 2.24) is 0 Å². The summed E-state index contributed by atoms with van der Waals surface area (Å²) in [5.74, 6) is -0.831. The van der Waals surface area contributed by atoms with Crippen LogP contribution < -0.4 is 10.2 Å². The molecule has 2 aromatic carbocycles. The minimum absolute atomic E-state index is 0.0352. The molecule has 1 aliphatic heterocycles. The Morgan fingerprint density at radius 2 is 1.77 bits per heavy atom. The molecule has 0 radical (unpaired) electrons. The molecule has 0 aliphatic carbocycles. The molecular formula is C22H22O9. The minimum Gasteiger partial charge on any atom is -0.508 e. The van der Waals surface area contributed by atoms with Crippen LogP contribution in [-0.4, -0.2) is 56.7 Å². The van der Waals surface area contributed by atoms with Gasteiger partial charge in [-0.05, 0) is 17.7 Å². The van der Waals surface area contributed by atoms with Gasteiger partial charge < -0.3 is 39.4 Å². The fourth-order valence-electron chi connectivity index (χ4n) is 3.63. The molecule has 0 spiro atoms. The standard InChI is InChI=1S/C22H22O9/c1-10-17(8-23)31-22(21(28)19(10)26)30-13-6-15(25)18-16(7-13)29-9-14(20(18)27)11-2-4-12(24)5-3-11/h2-7,9-10,17,19,21-26,28H,8H2,1H3. The lowest BCUT2D eigenvalue weighted by Crippen LogP contribution is -2.56. The zero-order chi connectivity index (χ0) is 22.3. The zero-order valence-corrected chi connectivity index (χ0v) is 16.5. The second-order valence-corrected chi connectivity index (χ2v) is 7.52. The number of fused-ring (bicyclic) bond motifs is 1. The molecule has 0 amide bonds. The topological polar surface area (TPSA) is 150 Å². The molecule has 2 heterocycles. The van der Waals surface area contributed by atoms with Crippen molar-refractivity contribution in [2.45, 2.75) is 31.5 Å². The second kappa shape index (κ2) is 8.20. The normalized spacial score (nSPS) is 26.1. The van der Waals surface area contributed by atoms with Crippen LogP contribution in [0.2, 0.25) is 0 Å². The van der Waals surface area contributed by atoms with Gasteiger partial charge in [0.1, 0.15) is 40.6 Å². The van der Waals surface area contributed by atoms with Gasteiger partial charge in [-0.15, -0.1) is 0 Å². The van der Waals surface area contributed by atoms with Crippen molar-refractivity contribution in [3.63, 3.8) is 0 Å². The third-order valence-corrected chi connectivity index (χ3v) is 5.50. The lowest BCUT2D eigenvalue weighted by molar-refractivity contribution is -0.260. The minimum atomic E-state index is -1.39. The van der Waals surface area contributed by atoms with Gasteiger partial charge in [-0.1, -0.05) is 19.1 Å². The zero-order valence-electron chi connectivity index (χ0n) is 16.5. The van der Waals surface area contributed by atoms with Crippen molar-refractivity contribution in [2.24, 2.45) is 5.92 Å². The number of phenolic OH excluding ortho intramolecular Hbond substituents is 2. The van der Waals surface area contributed by atoms with Gasteiger partial charge in [0.05, 0.1) is 24.4 Å². The number of benzene rings is 2. The van der Waals surface area contributed by atoms with Crippen molar-refractivity contribution in [3.05, 3.63) is 52.9 Å². The molecule has 31 heavy (non-hydrogen) atoms. The van der Waals surface area contributed by atoms with E-state index in [-0.39, 0.29) is 34.6 Å². The Hall–Kier alpha value is -3.11. The highest BCUT2D eigenvalue weighted by Gasteiger charge is 2.43. The quantitative estimate of drug-likeness (QED) is 0.413. The molecule has 1 aliphatic rings. The third kappa shape index (κ3) is 3.84. The average Bonchev–Trinajstić information content (AvgIpc) is 2.75. The van der Waals surface area contributed by atoms with Gasteiger partial charge in [-0.2, -0.15) is 0 Å². The lowest BCUT2D eigenvalue weighted by Gasteiger charge is -2.40. The molecule has 9 nitrogen and oxygen atoms in total. The molecule has 1 fully saturated rings. The first-order valence-electron chi connectivity index (χ1n) is 9.67. The fraction of sp³-hybridized carbons (Fsp3) is 0.318. The van der Waals surface area contributed by atoms with E-state index in [2.05, 4.69) is 0 Å². The number of aliphatic hydroxyl groups is 3. The summed E-state index contributed by atoms with van der Waals surface area (Å²) >= 11 is 0. The highest BCUT2D eigenvalue weighted by atomic mass is 16.7. The number of hydrogen-bond acceptors (Lipinski definition) is 9. The van der Waals surface area contributed by atoms with E-state index < -0.39 is 41.7 Å². The summed E-state index contributed by atoms with van der Waals surface area (Å²) in [5, 5.41) is 49.7. The monoisotopic (exact) mass is 430 g/mol. The van der Waals surface area contributed by atoms with Gasteiger partial charge in [0.15, 0.2) is 0 Å². The first kappa shape index (κ1) is 21.1. The molecular weight excluding hydrogens is 408 g/mol. The van der Waals surface area contributed by atoms with E-state index in [9.17, 15) is 30.3 Å². The second-order valence-electron chi connectivity index (χ2n) is 7.52. The van der Waals surface area contributed by atoms with Gasteiger partial charge in [0.2, 0.25) is 11.7 Å². The van der Waals surface area contributed by atoms with Gasteiger partial charge in [-0.3, -0.25) is 4.79 Å². The number of ether oxygens (including phenoxy) is 2. The van der Waals surface area contributed by atoms with Crippen LogP contribution in [0.4, 0.5) is 0 Å². The summed E-state index contributed by atoms with van der Waals surface area (Å²) < 4.78 is 16.6. The number of hydrogen-bond donors (Lipinski definition) is 5. The van der Waals surface area contributed by atoms with Crippen LogP contribution in [-0.2, 0) is 4.74 Å². The molecule has 164 valence electrons. The van der Waals surface area contributed by atoms with Gasteiger partial charge in [-0.25, -0.2) is 0 Å². The molecule has 4 rings (SSSR count). The maximum absolute atomic E-state index is 12.9. The first-order chi connectivity index (χ1) is 14.8. The van der Waals surface area contributed by atoms with E-state index in [1.165, 1.54) is 30.5 Å². The van der Waals surface area contributed by atoms with Crippen molar-refractivity contribution in [1.29, 1.82) is 0 Å². The summed E-state index contributed by atoms with van der Waals surface area (Å²) in [6.45, 7) is 1.26. The molecule has 0 bridgehead atoms. The summed E-state index contributed by atoms with van der Waals surface area (Å²) in [7, 11) is 0. The third-order valence-electron chi connectivity index (χ3n) is 5.50. The number of rotatable bonds is 4. The maximum atomic E-state index is 12.9. The predicted octanol–water partition coefficient (Wildman–Crippen LogP) is 1.33. The SMILES string of the molecule is CC1C(CO)OC(Oc2cc(O)c3c(=O)c(-c4ccc(O)cc4)coc3c2)C(O)C1O. The Morgan fingerprint density at radius 1 is 1.06 bits per heavy atom. The molecule has 5 N–H and O–H groups in total. The van der Waals surface area contributed by atoms with Gasteiger partial charge >= 0.3 is 0 Å². The lowest BCUT2D eigenvalue weighted by atomic mass is 9.91. The smallest absolute Gasteiger partial charge is 0.229 e. The van der Waals surface area contributed by atoms with E-state index in [1.807, 2.05) is 0 Å². The molecule has 3 aromatic rings. The van der Waals surface area contributed by atoms with Crippen LogP contribution in [0.3, 0.4) is 0 Å². The first-order valence-corrected chi connectivity index (χ1v) is 9.67.